The Morgan fingerprint density at radius 3 is 2.85 bits per heavy atom. The highest BCUT2D eigenvalue weighted by Crippen LogP contribution is 2.16. The zero-order valence-corrected chi connectivity index (χ0v) is 7.87. The van der Waals surface area contributed by atoms with Crippen molar-refractivity contribution in [1.82, 2.24) is 4.90 Å². The van der Waals surface area contributed by atoms with Gasteiger partial charge >= 0.3 is 12.1 Å². The molecule has 1 heterocycles. The molecule has 0 unspecified atom stereocenters. The smallest absolute Gasteiger partial charge is 0.374 e. The average molecular weight is 203 g/mol. The lowest BCUT2D eigenvalue weighted by Gasteiger charge is -2.10. The number of imide groups is 1. The summed E-state index contributed by atoms with van der Waals surface area (Å²) in [5.41, 5.74) is 0. The molecule has 2 amide bonds. The van der Waals surface area contributed by atoms with Crippen LogP contribution in [0.1, 0.15) is 6.42 Å². The first-order chi connectivity index (χ1) is 6.20. The summed E-state index contributed by atoms with van der Waals surface area (Å²) in [6, 6.07) is -0.725. The van der Waals surface area contributed by atoms with Gasteiger partial charge in [-0.1, -0.05) is 0 Å². The SMILES string of the molecule is CSCC[C@H]1C(=O)OC(=O)N1C=O. The van der Waals surface area contributed by atoms with Crippen molar-refractivity contribution >= 4 is 30.2 Å². The van der Waals surface area contributed by atoms with Crippen LogP contribution in [0.2, 0.25) is 0 Å². The summed E-state index contributed by atoms with van der Waals surface area (Å²) in [7, 11) is 0. The fourth-order valence-corrected chi connectivity index (χ4v) is 1.51. The van der Waals surface area contributed by atoms with Gasteiger partial charge in [0.2, 0.25) is 6.41 Å². The van der Waals surface area contributed by atoms with Crippen LogP contribution in [-0.4, -0.2) is 41.4 Å². The summed E-state index contributed by atoms with van der Waals surface area (Å²) in [5.74, 6) is 0.0725. The van der Waals surface area contributed by atoms with Crippen LogP contribution < -0.4 is 0 Å². The number of cyclic esters (lactones) is 2. The van der Waals surface area contributed by atoms with Crippen LogP contribution in [0.15, 0.2) is 0 Å². The number of thioether (sulfide) groups is 1. The van der Waals surface area contributed by atoms with E-state index in [2.05, 4.69) is 4.74 Å². The van der Waals surface area contributed by atoms with E-state index in [4.69, 9.17) is 0 Å². The zero-order valence-electron chi connectivity index (χ0n) is 7.06. The molecule has 6 heteroatoms. The van der Waals surface area contributed by atoms with Crippen molar-refractivity contribution in [2.75, 3.05) is 12.0 Å². The molecule has 13 heavy (non-hydrogen) atoms. The molecule has 0 bridgehead atoms. The molecule has 0 aromatic rings. The molecule has 1 atom stereocenters. The predicted molar refractivity (Wildman–Crippen MR) is 46.2 cm³/mol. The maximum Gasteiger partial charge on any atom is 0.424 e. The van der Waals surface area contributed by atoms with Crippen LogP contribution in [0.4, 0.5) is 4.79 Å². The minimum absolute atomic E-state index is 0.332. The summed E-state index contributed by atoms with van der Waals surface area (Å²) >= 11 is 1.54. The molecule has 1 aliphatic heterocycles. The number of amides is 2. The number of nitrogens with zero attached hydrogens (tertiary/aromatic N) is 1. The number of carbonyl (C=O) groups is 3. The van der Waals surface area contributed by atoms with Gasteiger partial charge in [0, 0.05) is 0 Å². The van der Waals surface area contributed by atoms with Crippen LogP contribution in [0.5, 0.6) is 0 Å². The highest BCUT2D eigenvalue weighted by molar-refractivity contribution is 7.98. The molecule has 5 nitrogen and oxygen atoms in total. The van der Waals surface area contributed by atoms with Gasteiger partial charge in [0.15, 0.2) is 0 Å². The minimum atomic E-state index is -0.869. The molecule has 0 radical (unpaired) electrons. The molecule has 0 saturated carbocycles. The summed E-state index contributed by atoms with van der Waals surface area (Å²) in [6.07, 6.45) is 1.79. The first-order valence-electron chi connectivity index (χ1n) is 3.69. The molecule has 1 rings (SSSR count). The van der Waals surface area contributed by atoms with E-state index >= 15 is 0 Å². The maximum atomic E-state index is 11.0. The molecule has 0 aliphatic carbocycles. The van der Waals surface area contributed by atoms with Gasteiger partial charge in [-0.2, -0.15) is 11.8 Å². The van der Waals surface area contributed by atoms with E-state index in [0.717, 1.165) is 4.90 Å². The van der Waals surface area contributed by atoms with Crippen molar-refractivity contribution in [1.29, 1.82) is 0 Å². The van der Waals surface area contributed by atoms with E-state index in [1.54, 1.807) is 11.8 Å². The average Bonchev–Trinajstić information content (AvgIpc) is 2.37. The van der Waals surface area contributed by atoms with Crippen molar-refractivity contribution in [3.63, 3.8) is 0 Å². The summed E-state index contributed by atoms with van der Waals surface area (Å²) in [6.45, 7) is 0. The van der Waals surface area contributed by atoms with E-state index < -0.39 is 18.1 Å². The quantitative estimate of drug-likeness (QED) is 0.372. The Morgan fingerprint density at radius 1 is 1.62 bits per heavy atom. The summed E-state index contributed by atoms with van der Waals surface area (Å²) < 4.78 is 4.28. The molecule has 0 N–H and O–H groups in total. The van der Waals surface area contributed by atoms with Gasteiger partial charge in [0.05, 0.1) is 0 Å². The second kappa shape index (κ2) is 4.27. The Bertz CT molecular complexity index is 243. The van der Waals surface area contributed by atoms with Gasteiger partial charge in [0.25, 0.3) is 0 Å². The fourth-order valence-electron chi connectivity index (χ4n) is 1.05. The molecule has 1 aliphatic rings. The normalized spacial score (nSPS) is 21.9. The third-order valence-electron chi connectivity index (χ3n) is 1.72. The second-order valence-electron chi connectivity index (χ2n) is 2.50. The first-order valence-corrected chi connectivity index (χ1v) is 5.08. The van der Waals surface area contributed by atoms with Gasteiger partial charge in [-0.3, -0.25) is 4.79 Å². The van der Waals surface area contributed by atoms with Crippen molar-refractivity contribution in [3.05, 3.63) is 0 Å². The van der Waals surface area contributed by atoms with Crippen molar-refractivity contribution in [2.45, 2.75) is 12.5 Å². The van der Waals surface area contributed by atoms with Gasteiger partial charge in [-0.15, -0.1) is 0 Å². The van der Waals surface area contributed by atoms with Crippen LogP contribution >= 0.6 is 11.8 Å². The lowest BCUT2D eigenvalue weighted by Crippen LogP contribution is -2.34. The molecule has 72 valence electrons. The monoisotopic (exact) mass is 203 g/mol. The van der Waals surface area contributed by atoms with E-state index in [0.29, 0.717) is 18.6 Å². The standard InChI is InChI=1S/C7H9NO4S/c1-13-3-2-5-6(10)12-7(11)8(5)4-9/h4-5H,2-3H2,1H3/t5-/m0/s1. The number of rotatable bonds is 4. The van der Waals surface area contributed by atoms with Gasteiger partial charge in [-0.05, 0) is 18.4 Å². The number of carbonyl (C=O) groups excluding carboxylic acids is 3. The minimum Gasteiger partial charge on any atom is -0.374 e. The molecule has 0 aromatic carbocycles. The highest BCUT2D eigenvalue weighted by Gasteiger charge is 2.40. The Balaban J connectivity index is 2.63. The van der Waals surface area contributed by atoms with Crippen molar-refractivity contribution in [3.8, 4) is 0 Å². The molecule has 1 fully saturated rings. The van der Waals surface area contributed by atoms with Crippen LogP contribution in [0, 0.1) is 0 Å². The Hall–Kier alpha value is -1.04. The number of esters is 1. The Labute approximate surface area is 79.4 Å². The van der Waals surface area contributed by atoms with Gasteiger partial charge in [-0.25, -0.2) is 14.5 Å². The van der Waals surface area contributed by atoms with E-state index in [1.807, 2.05) is 6.26 Å². The topological polar surface area (TPSA) is 63.7 Å². The fraction of sp³-hybridized carbons (Fsp3) is 0.571. The zero-order chi connectivity index (χ0) is 9.84. The molecule has 0 aromatic heterocycles. The second-order valence-corrected chi connectivity index (χ2v) is 3.48. The lowest BCUT2D eigenvalue weighted by atomic mass is 10.2. The number of hydrogen-bond acceptors (Lipinski definition) is 5. The van der Waals surface area contributed by atoms with Crippen molar-refractivity contribution in [2.24, 2.45) is 0 Å². The van der Waals surface area contributed by atoms with Crippen LogP contribution in [0.3, 0.4) is 0 Å². The van der Waals surface area contributed by atoms with Crippen LogP contribution in [-0.2, 0) is 14.3 Å². The molecule has 0 spiro atoms. The van der Waals surface area contributed by atoms with Crippen molar-refractivity contribution < 1.29 is 19.1 Å². The largest absolute Gasteiger partial charge is 0.424 e. The third kappa shape index (κ3) is 2.00. The molecular formula is C7H9NO4S. The number of ether oxygens (including phenoxy) is 1. The number of hydrogen-bond donors (Lipinski definition) is 0. The lowest BCUT2D eigenvalue weighted by molar-refractivity contribution is -0.136. The summed E-state index contributed by atoms with van der Waals surface area (Å²) in [4.78, 5) is 33.0. The Morgan fingerprint density at radius 2 is 2.31 bits per heavy atom. The highest BCUT2D eigenvalue weighted by atomic mass is 32.2. The van der Waals surface area contributed by atoms with E-state index in [9.17, 15) is 14.4 Å². The van der Waals surface area contributed by atoms with Gasteiger partial charge < -0.3 is 4.74 Å². The molecular weight excluding hydrogens is 194 g/mol. The van der Waals surface area contributed by atoms with Crippen LogP contribution in [0.25, 0.3) is 0 Å². The summed E-state index contributed by atoms with van der Waals surface area (Å²) in [5, 5.41) is 0. The maximum absolute atomic E-state index is 11.0. The van der Waals surface area contributed by atoms with Gasteiger partial charge in [0.1, 0.15) is 6.04 Å². The van der Waals surface area contributed by atoms with E-state index in [-0.39, 0.29) is 0 Å². The predicted octanol–water partition coefficient (Wildman–Crippen LogP) is 0.243. The van der Waals surface area contributed by atoms with E-state index in [1.165, 1.54) is 0 Å². The third-order valence-corrected chi connectivity index (χ3v) is 2.36. The molecule has 1 saturated heterocycles. The Kier molecular flexibility index (Phi) is 3.30. The first kappa shape index (κ1) is 10.0.